The second-order valence-corrected chi connectivity index (χ2v) is 2.12. The Hall–Kier alpha value is -1.29. The van der Waals surface area contributed by atoms with Gasteiger partial charge in [0.1, 0.15) is 5.82 Å². The highest BCUT2D eigenvalue weighted by molar-refractivity contribution is 5.48. The van der Waals surface area contributed by atoms with E-state index in [2.05, 4.69) is 10.3 Å². The number of nitrogens with two attached hydrogens (primary N) is 1. The normalized spacial score (nSPS) is 9.55. The lowest BCUT2D eigenvalue weighted by molar-refractivity contribution is 0.311. The van der Waals surface area contributed by atoms with Crippen LogP contribution in [0.2, 0.25) is 0 Å². The Morgan fingerprint density at radius 3 is 3.09 bits per heavy atom. The molecule has 0 aliphatic rings. The Balaban J connectivity index is 2.56. The average molecular weight is 153 g/mol. The fourth-order valence-electron chi connectivity index (χ4n) is 0.728. The van der Waals surface area contributed by atoms with Crippen molar-refractivity contribution in [2.75, 3.05) is 24.2 Å². The lowest BCUT2D eigenvalue weighted by atomic mass is 10.4. The van der Waals surface area contributed by atoms with E-state index in [1.54, 1.807) is 18.3 Å². The molecule has 60 valence electrons. The van der Waals surface area contributed by atoms with Crippen LogP contribution in [0, 0.1) is 0 Å². The van der Waals surface area contributed by atoms with Gasteiger partial charge in [-0.25, -0.2) is 4.98 Å². The molecule has 0 saturated carbocycles. The zero-order valence-corrected chi connectivity index (χ0v) is 6.12. The maximum absolute atomic E-state index is 8.48. The molecule has 0 spiro atoms. The number of nitrogens with one attached hydrogen (secondary N) is 1. The summed E-state index contributed by atoms with van der Waals surface area (Å²) in [6.45, 7) is 0.590. The van der Waals surface area contributed by atoms with Crippen molar-refractivity contribution in [3.05, 3.63) is 18.3 Å². The smallest absolute Gasteiger partial charge is 0.128 e. The first-order chi connectivity index (χ1) is 5.33. The third-order valence-corrected chi connectivity index (χ3v) is 1.20. The molecule has 1 aromatic rings. The molecule has 1 heterocycles. The van der Waals surface area contributed by atoms with Gasteiger partial charge in [0.25, 0.3) is 0 Å². The Bertz CT molecular complexity index is 227. The van der Waals surface area contributed by atoms with Crippen LogP contribution < -0.4 is 11.1 Å². The van der Waals surface area contributed by atoms with Crippen LogP contribution >= 0.6 is 0 Å². The Morgan fingerprint density at radius 2 is 2.45 bits per heavy atom. The predicted molar refractivity (Wildman–Crippen MR) is 44.2 cm³/mol. The van der Waals surface area contributed by atoms with E-state index in [4.69, 9.17) is 10.8 Å². The molecule has 4 nitrogen and oxygen atoms in total. The Labute approximate surface area is 65.1 Å². The first-order valence-corrected chi connectivity index (χ1v) is 3.39. The minimum Gasteiger partial charge on any atom is -0.399 e. The van der Waals surface area contributed by atoms with Gasteiger partial charge in [-0.2, -0.15) is 0 Å². The van der Waals surface area contributed by atoms with Crippen molar-refractivity contribution < 1.29 is 5.11 Å². The quantitative estimate of drug-likeness (QED) is 0.574. The number of nitrogens with zero attached hydrogens (tertiary/aromatic N) is 1. The molecule has 0 aliphatic heterocycles. The summed E-state index contributed by atoms with van der Waals surface area (Å²) in [6, 6.07) is 3.43. The van der Waals surface area contributed by atoms with Gasteiger partial charge in [-0.05, 0) is 6.07 Å². The highest BCUT2D eigenvalue weighted by Gasteiger charge is 1.91. The van der Waals surface area contributed by atoms with E-state index in [0.717, 1.165) is 0 Å². The van der Waals surface area contributed by atoms with E-state index in [9.17, 15) is 0 Å². The molecule has 0 radical (unpaired) electrons. The Kier molecular flexibility index (Phi) is 2.68. The van der Waals surface area contributed by atoms with Crippen LogP contribution in [0.15, 0.2) is 18.3 Å². The summed E-state index contributed by atoms with van der Waals surface area (Å²) in [5.41, 5.74) is 6.15. The van der Waals surface area contributed by atoms with E-state index in [1.807, 2.05) is 0 Å². The maximum atomic E-state index is 8.48. The first-order valence-electron chi connectivity index (χ1n) is 3.39. The minimum absolute atomic E-state index is 0.0937. The van der Waals surface area contributed by atoms with Gasteiger partial charge in [0, 0.05) is 24.5 Å². The molecule has 0 aromatic carbocycles. The molecular weight excluding hydrogens is 142 g/mol. The Morgan fingerprint density at radius 1 is 1.64 bits per heavy atom. The summed E-state index contributed by atoms with van der Waals surface area (Å²) in [6.07, 6.45) is 1.62. The summed E-state index contributed by atoms with van der Waals surface area (Å²) < 4.78 is 0. The summed E-state index contributed by atoms with van der Waals surface area (Å²) in [5, 5.41) is 11.4. The summed E-state index contributed by atoms with van der Waals surface area (Å²) in [7, 11) is 0. The fraction of sp³-hybridized carbons (Fsp3) is 0.286. The monoisotopic (exact) mass is 153 g/mol. The van der Waals surface area contributed by atoms with Crippen LogP contribution in [-0.4, -0.2) is 23.2 Å². The highest BCUT2D eigenvalue weighted by atomic mass is 16.3. The standard InChI is InChI=1S/C7H11N3O/c8-6-1-2-9-7(5-6)10-3-4-11/h1-2,5,11H,3-4H2,(H3,8,9,10). The highest BCUT2D eigenvalue weighted by Crippen LogP contribution is 2.06. The van der Waals surface area contributed by atoms with Crippen LogP contribution in [0.4, 0.5) is 11.5 Å². The molecule has 0 saturated heterocycles. The summed E-state index contributed by atoms with van der Waals surface area (Å²) in [4.78, 5) is 3.97. The molecule has 0 unspecified atom stereocenters. The number of anilines is 2. The van der Waals surface area contributed by atoms with E-state index in [1.165, 1.54) is 0 Å². The maximum Gasteiger partial charge on any atom is 0.128 e. The molecule has 0 amide bonds. The third-order valence-electron chi connectivity index (χ3n) is 1.20. The molecule has 1 rings (SSSR count). The van der Waals surface area contributed by atoms with E-state index in [-0.39, 0.29) is 6.61 Å². The number of hydrogen-bond donors (Lipinski definition) is 3. The molecule has 1 aromatic heterocycles. The van der Waals surface area contributed by atoms with Crippen molar-refractivity contribution in [3.8, 4) is 0 Å². The largest absolute Gasteiger partial charge is 0.399 e. The molecule has 4 N–H and O–H groups in total. The van der Waals surface area contributed by atoms with Crippen molar-refractivity contribution in [1.29, 1.82) is 0 Å². The van der Waals surface area contributed by atoms with Gasteiger partial charge in [-0.15, -0.1) is 0 Å². The van der Waals surface area contributed by atoms with Crippen molar-refractivity contribution in [2.24, 2.45) is 0 Å². The van der Waals surface area contributed by atoms with E-state index >= 15 is 0 Å². The summed E-state index contributed by atoms with van der Waals surface area (Å²) in [5.74, 6) is 0.694. The lowest BCUT2D eigenvalue weighted by Gasteiger charge is -2.02. The van der Waals surface area contributed by atoms with Crippen molar-refractivity contribution >= 4 is 11.5 Å². The second-order valence-electron chi connectivity index (χ2n) is 2.12. The van der Waals surface area contributed by atoms with E-state index < -0.39 is 0 Å². The minimum atomic E-state index is 0.0937. The van der Waals surface area contributed by atoms with Crippen molar-refractivity contribution in [2.45, 2.75) is 0 Å². The predicted octanol–water partition coefficient (Wildman–Crippen LogP) is 0.0680. The molecule has 11 heavy (non-hydrogen) atoms. The molecule has 0 aliphatic carbocycles. The SMILES string of the molecule is Nc1ccnc(NCCO)c1. The van der Waals surface area contributed by atoms with Gasteiger partial charge < -0.3 is 16.2 Å². The second kappa shape index (κ2) is 3.78. The first kappa shape index (κ1) is 7.81. The van der Waals surface area contributed by atoms with E-state index in [0.29, 0.717) is 18.1 Å². The molecule has 0 fully saturated rings. The molecular formula is C7H11N3O. The van der Waals surface area contributed by atoms with Crippen LogP contribution in [0.3, 0.4) is 0 Å². The van der Waals surface area contributed by atoms with Crippen LogP contribution in [0.25, 0.3) is 0 Å². The topological polar surface area (TPSA) is 71.2 Å². The van der Waals surface area contributed by atoms with Crippen molar-refractivity contribution in [1.82, 2.24) is 4.98 Å². The molecule has 0 bridgehead atoms. The van der Waals surface area contributed by atoms with Gasteiger partial charge in [-0.1, -0.05) is 0 Å². The average Bonchev–Trinajstić information content (AvgIpc) is 2.01. The van der Waals surface area contributed by atoms with Gasteiger partial charge >= 0.3 is 0 Å². The van der Waals surface area contributed by atoms with Crippen LogP contribution in [0.1, 0.15) is 0 Å². The van der Waals surface area contributed by atoms with Crippen LogP contribution in [0.5, 0.6) is 0 Å². The number of pyridine rings is 1. The van der Waals surface area contributed by atoms with Gasteiger partial charge in [0.05, 0.1) is 6.61 Å². The zero-order chi connectivity index (χ0) is 8.10. The molecule has 0 atom stereocenters. The summed E-state index contributed by atoms with van der Waals surface area (Å²) >= 11 is 0. The fourth-order valence-corrected chi connectivity index (χ4v) is 0.728. The number of aromatic nitrogens is 1. The number of aliphatic hydroxyl groups is 1. The van der Waals surface area contributed by atoms with Crippen molar-refractivity contribution in [3.63, 3.8) is 0 Å². The number of rotatable bonds is 3. The van der Waals surface area contributed by atoms with Gasteiger partial charge in [0.2, 0.25) is 0 Å². The van der Waals surface area contributed by atoms with Gasteiger partial charge in [-0.3, -0.25) is 0 Å². The van der Waals surface area contributed by atoms with Gasteiger partial charge in [0.15, 0.2) is 0 Å². The number of nitrogen functional groups attached to an aromatic ring is 1. The number of hydrogen-bond acceptors (Lipinski definition) is 4. The third kappa shape index (κ3) is 2.43. The van der Waals surface area contributed by atoms with Crippen LogP contribution in [-0.2, 0) is 0 Å². The number of aliphatic hydroxyl groups excluding tert-OH is 1. The molecule has 4 heteroatoms. The lowest BCUT2D eigenvalue weighted by Crippen LogP contribution is -2.06. The zero-order valence-electron chi connectivity index (χ0n) is 6.12.